The van der Waals surface area contributed by atoms with Crippen LogP contribution >= 0.6 is 0 Å². The fourth-order valence-electron chi connectivity index (χ4n) is 3.33. The average Bonchev–Trinajstić information content (AvgIpc) is 3.52. The van der Waals surface area contributed by atoms with Crippen LogP contribution in [0.2, 0.25) is 0 Å². The molecule has 8 heteroatoms. The summed E-state index contributed by atoms with van der Waals surface area (Å²) in [5.41, 5.74) is 0.699. The number of amides is 1. The van der Waals surface area contributed by atoms with Gasteiger partial charge in [0.1, 0.15) is 16.7 Å². The van der Waals surface area contributed by atoms with Crippen LogP contribution in [-0.4, -0.2) is 67.5 Å². The number of aliphatic hydroxyl groups excluding tert-OH is 1. The van der Waals surface area contributed by atoms with Crippen molar-refractivity contribution in [2.75, 3.05) is 26.7 Å². The molecule has 1 fully saturated rings. The largest absolute Gasteiger partial charge is 0.487 e. The number of carbonyl (C=O) groups is 1. The minimum Gasteiger partial charge on any atom is -0.487 e. The molecule has 1 amide bonds. The number of ether oxygens (including phenoxy) is 1. The molecule has 0 unspecified atom stereocenters. The van der Waals surface area contributed by atoms with E-state index in [0.717, 1.165) is 12.8 Å². The third-order valence-corrected chi connectivity index (χ3v) is 7.68. The molecule has 1 aromatic carbocycles. The molecule has 0 aromatic heterocycles. The van der Waals surface area contributed by atoms with E-state index in [4.69, 9.17) is 4.74 Å². The van der Waals surface area contributed by atoms with E-state index in [1.165, 1.54) is 17.3 Å². The summed E-state index contributed by atoms with van der Waals surface area (Å²) in [5, 5.41) is 9.66. The van der Waals surface area contributed by atoms with Crippen molar-refractivity contribution in [1.82, 2.24) is 9.21 Å². The molecule has 0 bridgehead atoms. The molecule has 7 nitrogen and oxygen atoms in total. The highest BCUT2D eigenvalue weighted by Crippen LogP contribution is 2.34. The molecule has 1 N–H and O–H groups in total. The van der Waals surface area contributed by atoms with Crippen LogP contribution < -0.4 is 4.74 Å². The summed E-state index contributed by atoms with van der Waals surface area (Å²) in [5.74, 6) is 6.65. The zero-order chi connectivity index (χ0) is 22.1. The van der Waals surface area contributed by atoms with Gasteiger partial charge in [0.15, 0.2) is 0 Å². The van der Waals surface area contributed by atoms with Crippen LogP contribution in [0.1, 0.15) is 39.2 Å². The summed E-state index contributed by atoms with van der Waals surface area (Å²) in [6, 6.07) is 4.31. The summed E-state index contributed by atoms with van der Waals surface area (Å²) < 4.78 is 34.3. The van der Waals surface area contributed by atoms with Gasteiger partial charge in [-0.25, -0.2) is 8.42 Å². The number of hydrogen-bond donors (Lipinski definition) is 1. The zero-order valence-corrected chi connectivity index (χ0v) is 18.8. The van der Waals surface area contributed by atoms with Crippen LogP contribution in [0.3, 0.4) is 0 Å². The zero-order valence-electron chi connectivity index (χ0n) is 18.0. The fraction of sp³-hybridized carbons (Fsp3) is 0.591. The first-order valence-electron chi connectivity index (χ1n) is 10.3. The smallest absolute Gasteiger partial charge is 0.247 e. The Kier molecular flexibility index (Phi) is 6.75. The highest BCUT2D eigenvalue weighted by molar-refractivity contribution is 7.89. The Morgan fingerprint density at radius 1 is 1.40 bits per heavy atom. The topological polar surface area (TPSA) is 87.2 Å². The highest BCUT2D eigenvalue weighted by atomic mass is 32.2. The number of benzene rings is 1. The third kappa shape index (κ3) is 4.97. The fourth-order valence-corrected chi connectivity index (χ4v) is 5.16. The first-order valence-corrected chi connectivity index (χ1v) is 11.7. The van der Waals surface area contributed by atoms with Crippen molar-refractivity contribution in [3.05, 3.63) is 23.8 Å². The summed E-state index contributed by atoms with van der Waals surface area (Å²) in [6.07, 6.45) is 1.80. The van der Waals surface area contributed by atoms with Crippen molar-refractivity contribution in [3.8, 4) is 17.6 Å². The van der Waals surface area contributed by atoms with Crippen LogP contribution in [0.15, 0.2) is 23.1 Å². The molecule has 3 atom stereocenters. The molecule has 3 rings (SSSR count). The average molecular weight is 435 g/mol. The number of fused-ring (bicyclic) bond motifs is 1. The Hall–Kier alpha value is -2.08. The van der Waals surface area contributed by atoms with Gasteiger partial charge in [0, 0.05) is 44.0 Å². The van der Waals surface area contributed by atoms with E-state index in [0.29, 0.717) is 18.0 Å². The number of sulfonamides is 1. The quantitative estimate of drug-likeness (QED) is 0.729. The SMILES string of the molecule is CC(=O)N(C)C[C@@H]1Oc2cc(C#CC3CC3)ccc2S(=O)(=O)N([C@H](C)CO)C[C@H]1C. The lowest BCUT2D eigenvalue weighted by Gasteiger charge is -2.37. The van der Waals surface area contributed by atoms with Gasteiger partial charge in [0.25, 0.3) is 0 Å². The van der Waals surface area contributed by atoms with Crippen molar-refractivity contribution in [2.45, 2.75) is 50.7 Å². The first kappa shape index (κ1) is 22.6. The molecule has 0 spiro atoms. The van der Waals surface area contributed by atoms with E-state index in [1.807, 2.05) is 6.92 Å². The standard InChI is InChI=1S/C22H30N2O5S/c1-15-12-24(16(2)14-25)30(27,28)22-10-9-19(8-7-18-5-6-18)11-20(22)29-21(15)13-23(4)17(3)26/h9-11,15-16,18,21,25H,5-6,12-14H2,1-4H3/t15-,16-,21+/m1/s1. The van der Waals surface area contributed by atoms with Gasteiger partial charge in [0.05, 0.1) is 13.2 Å². The predicted octanol–water partition coefficient (Wildman–Crippen LogP) is 1.70. The summed E-state index contributed by atoms with van der Waals surface area (Å²) >= 11 is 0. The molecule has 0 saturated heterocycles. The van der Waals surface area contributed by atoms with E-state index in [2.05, 4.69) is 11.8 Å². The van der Waals surface area contributed by atoms with E-state index in [-0.39, 0.29) is 35.6 Å². The Morgan fingerprint density at radius 3 is 2.70 bits per heavy atom. The molecule has 30 heavy (non-hydrogen) atoms. The van der Waals surface area contributed by atoms with Gasteiger partial charge in [-0.05, 0) is 38.0 Å². The van der Waals surface area contributed by atoms with Crippen LogP contribution in [0, 0.1) is 23.7 Å². The maximum atomic E-state index is 13.4. The van der Waals surface area contributed by atoms with Crippen molar-refractivity contribution < 1.29 is 23.1 Å². The van der Waals surface area contributed by atoms with E-state index in [9.17, 15) is 18.3 Å². The number of hydrogen-bond acceptors (Lipinski definition) is 5. The highest BCUT2D eigenvalue weighted by Gasteiger charge is 2.38. The number of carbonyl (C=O) groups excluding carboxylic acids is 1. The van der Waals surface area contributed by atoms with Gasteiger partial charge in [0.2, 0.25) is 15.9 Å². The second kappa shape index (κ2) is 8.96. The molecule has 1 aliphatic heterocycles. The van der Waals surface area contributed by atoms with Crippen LogP contribution in [0.25, 0.3) is 0 Å². The lowest BCUT2D eigenvalue weighted by molar-refractivity contribution is -0.129. The molecule has 0 radical (unpaired) electrons. The Labute approximate surface area is 179 Å². The van der Waals surface area contributed by atoms with Gasteiger partial charge >= 0.3 is 0 Å². The Morgan fingerprint density at radius 2 is 2.10 bits per heavy atom. The normalized spacial score (nSPS) is 24.3. The van der Waals surface area contributed by atoms with Crippen molar-refractivity contribution in [3.63, 3.8) is 0 Å². The number of likely N-dealkylation sites (N-methyl/N-ethyl adjacent to an activating group) is 1. The molecule has 2 aliphatic rings. The van der Waals surface area contributed by atoms with E-state index >= 15 is 0 Å². The van der Waals surface area contributed by atoms with Gasteiger partial charge in [-0.3, -0.25) is 4.79 Å². The molecule has 1 saturated carbocycles. The summed E-state index contributed by atoms with van der Waals surface area (Å²) in [4.78, 5) is 13.4. The minimum atomic E-state index is -3.87. The lowest BCUT2D eigenvalue weighted by Crippen LogP contribution is -2.50. The van der Waals surface area contributed by atoms with Crippen LogP contribution in [0.4, 0.5) is 0 Å². The van der Waals surface area contributed by atoms with Gasteiger partial charge in [-0.15, -0.1) is 0 Å². The third-order valence-electron chi connectivity index (χ3n) is 5.66. The van der Waals surface area contributed by atoms with Crippen LogP contribution in [-0.2, 0) is 14.8 Å². The number of rotatable bonds is 4. The number of nitrogens with zero attached hydrogens (tertiary/aromatic N) is 2. The molecule has 1 aliphatic carbocycles. The Balaban J connectivity index is 2.06. The van der Waals surface area contributed by atoms with Gasteiger partial charge in [-0.2, -0.15) is 4.31 Å². The van der Waals surface area contributed by atoms with Crippen molar-refractivity contribution >= 4 is 15.9 Å². The second-order valence-electron chi connectivity index (χ2n) is 8.34. The maximum absolute atomic E-state index is 13.4. The van der Waals surface area contributed by atoms with E-state index in [1.54, 1.807) is 31.0 Å². The van der Waals surface area contributed by atoms with Gasteiger partial charge in [-0.1, -0.05) is 18.8 Å². The van der Waals surface area contributed by atoms with Crippen molar-refractivity contribution in [2.24, 2.45) is 11.8 Å². The molecule has 164 valence electrons. The summed E-state index contributed by atoms with van der Waals surface area (Å²) in [6.45, 7) is 5.28. The molecular weight excluding hydrogens is 404 g/mol. The molecule has 1 heterocycles. The van der Waals surface area contributed by atoms with Gasteiger partial charge < -0.3 is 14.7 Å². The minimum absolute atomic E-state index is 0.0575. The Bertz CT molecular complexity index is 961. The second-order valence-corrected chi connectivity index (χ2v) is 10.2. The monoisotopic (exact) mass is 434 g/mol. The molecular formula is C22H30N2O5S. The lowest BCUT2D eigenvalue weighted by atomic mass is 10.0. The maximum Gasteiger partial charge on any atom is 0.247 e. The van der Waals surface area contributed by atoms with Crippen LogP contribution in [0.5, 0.6) is 5.75 Å². The van der Waals surface area contributed by atoms with E-state index < -0.39 is 22.2 Å². The van der Waals surface area contributed by atoms with Crippen molar-refractivity contribution in [1.29, 1.82) is 0 Å². The number of aliphatic hydroxyl groups is 1. The predicted molar refractivity (Wildman–Crippen MR) is 113 cm³/mol. The summed E-state index contributed by atoms with van der Waals surface area (Å²) in [7, 11) is -2.18. The first-order chi connectivity index (χ1) is 14.1. The molecule has 1 aromatic rings.